The molecule has 0 amide bonds. The van der Waals surface area contributed by atoms with Crippen LogP contribution in [0.3, 0.4) is 0 Å². The van der Waals surface area contributed by atoms with Gasteiger partial charge in [-0.2, -0.15) is 0 Å². The van der Waals surface area contributed by atoms with Crippen LogP contribution in [0.2, 0.25) is 0 Å². The minimum absolute atomic E-state index is 0.407. The van der Waals surface area contributed by atoms with Crippen molar-refractivity contribution in [2.24, 2.45) is 5.92 Å². The van der Waals surface area contributed by atoms with Crippen LogP contribution in [0.25, 0.3) is 0 Å². The fourth-order valence-corrected chi connectivity index (χ4v) is 3.36. The first-order chi connectivity index (χ1) is 9.78. The highest BCUT2D eigenvalue weighted by molar-refractivity contribution is 5.44. The van der Waals surface area contributed by atoms with E-state index in [1.54, 1.807) is 0 Å². The van der Waals surface area contributed by atoms with E-state index in [0.29, 0.717) is 12.0 Å². The van der Waals surface area contributed by atoms with Gasteiger partial charge in [0.25, 0.3) is 0 Å². The maximum atomic E-state index is 10.5. The molecular formula is C17H24O3. The Bertz CT molecular complexity index is 452. The fourth-order valence-electron chi connectivity index (χ4n) is 3.36. The van der Waals surface area contributed by atoms with E-state index in [4.69, 9.17) is 9.47 Å². The van der Waals surface area contributed by atoms with Gasteiger partial charge < -0.3 is 14.6 Å². The van der Waals surface area contributed by atoms with E-state index in [9.17, 15) is 5.11 Å². The first kappa shape index (κ1) is 13.9. The van der Waals surface area contributed by atoms with E-state index < -0.39 is 6.10 Å². The molecule has 0 aromatic heterocycles. The zero-order valence-electron chi connectivity index (χ0n) is 12.2. The predicted octanol–water partition coefficient (Wildman–Crippen LogP) is 3.25. The van der Waals surface area contributed by atoms with Crippen molar-refractivity contribution in [1.29, 1.82) is 0 Å². The fraction of sp³-hybridized carbons (Fsp3) is 0.647. The Morgan fingerprint density at radius 3 is 3.05 bits per heavy atom. The van der Waals surface area contributed by atoms with Crippen LogP contribution in [0.1, 0.15) is 49.8 Å². The van der Waals surface area contributed by atoms with Gasteiger partial charge in [-0.3, -0.25) is 0 Å². The highest BCUT2D eigenvalue weighted by atomic mass is 16.5. The number of aryl methyl sites for hydroxylation is 1. The molecule has 3 rings (SSSR count). The summed E-state index contributed by atoms with van der Waals surface area (Å²) in [6.45, 7) is 3.60. The number of aliphatic hydroxyl groups is 1. The molecule has 1 fully saturated rings. The summed E-state index contributed by atoms with van der Waals surface area (Å²) in [7, 11) is 0. The van der Waals surface area contributed by atoms with Crippen LogP contribution in [0.15, 0.2) is 18.2 Å². The molecule has 1 unspecified atom stereocenters. The van der Waals surface area contributed by atoms with E-state index in [0.717, 1.165) is 56.6 Å². The Kier molecular flexibility index (Phi) is 4.27. The molecular weight excluding hydrogens is 252 g/mol. The predicted molar refractivity (Wildman–Crippen MR) is 78.0 cm³/mol. The third-order valence-electron chi connectivity index (χ3n) is 4.47. The molecule has 1 aromatic carbocycles. The van der Waals surface area contributed by atoms with Gasteiger partial charge in [0.15, 0.2) is 0 Å². The zero-order chi connectivity index (χ0) is 13.9. The van der Waals surface area contributed by atoms with Crippen LogP contribution in [-0.4, -0.2) is 24.4 Å². The average Bonchev–Trinajstić information content (AvgIpc) is 2.44. The summed E-state index contributed by atoms with van der Waals surface area (Å²) in [5, 5.41) is 10.5. The lowest BCUT2D eigenvalue weighted by atomic mass is 9.77. The van der Waals surface area contributed by atoms with Crippen molar-refractivity contribution in [1.82, 2.24) is 0 Å². The van der Waals surface area contributed by atoms with Crippen LogP contribution >= 0.6 is 0 Å². The second-order valence-corrected chi connectivity index (χ2v) is 5.95. The number of rotatable bonds is 5. The van der Waals surface area contributed by atoms with Gasteiger partial charge in [-0.25, -0.2) is 0 Å². The number of fused-ring (bicyclic) bond motifs is 1. The van der Waals surface area contributed by atoms with E-state index in [-0.39, 0.29) is 0 Å². The van der Waals surface area contributed by atoms with E-state index in [1.807, 2.05) is 19.1 Å². The summed E-state index contributed by atoms with van der Waals surface area (Å²) < 4.78 is 11.4. The van der Waals surface area contributed by atoms with Crippen molar-refractivity contribution in [2.75, 3.05) is 13.2 Å². The molecule has 0 radical (unpaired) electrons. The van der Waals surface area contributed by atoms with Crippen LogP contribution < -0.4 is 4.74 Å². The minimum Gasteiger partial charge on any atom is -0.493 e. The molecule has 2 aliphatic rings. The van der Waals surface area contributed by atoms with Crippen molar-refractivity contribution in [2.45, 2.75) is 51.2 Å². The van der Waals surface area contributed by atoms with E-state index in [1.165, 1.54) is 5.56 Å². The van der Waals surface area contributed by atoms with Gasteiger partial charge in [-0.15, -0.1) is 0 Å². The van der Waals surface area contributed by atoms with Crippen molar-refractivity contribution >= 4 is 0 Å². The molecule has 1 saturated carbocycles. The van der Waals surface area contributed by atoms with Gasteiger partial charge in [0.1, 0.15) is 5.75 Å². The number of para-hydroxylation sites is 1. The summed E-state index contributed by atoms with van der Waals surface area (Å²) in [5.74, 6) is 1.52. The van der Waals surface area contributed by atoms with Gasteiger partial charge in [0.05, 0.1) is 18.8 Å². The van der Waals surface area contributed by atoms with Gasteiger partial charge in [-0.1, -0.05) is 18.2 Å². The quantitative estimate of drug-likeness (QED) is 0.897. The molecule has 1 N–H and O–H groups in total. The second-order valence-electron chi connectivity index (χ2n) is 5.95. The molecule has 3 heteroatoms. The first-order valence-electron chi connectivity index (χ1n) is 7.82. The topological polar surface area (TPSA) is 38.7 Å². The monoisotopic (exact) mass is 276 g/mol. The second kappa shape index (κ2) is 6.15. The number of ether oxygens (including phenoxy) is 2. The zero-order valence-corrected chi connectivity index (χ0v) is 12.2. The van der Waals surface area contributed by atoms with Crippen molar-refractivity contribution < 1.29 is 14.6 Å². The van der Waals surface area contributed by atoms with Gasteiger partial charge >= 0.3 is 0 Å². The van der Waals surface area contributed by atoms with Gasteiger partial charge in [0.2, 0.25) is 0 Å². The van der Waals surface area contributed by atoms with Crippen LogP contribution in [0.4, 0.5) is 0 Å². The standard InChI is InChI=1S/C17H24O3/c1-2-19-14-9-12(10-14)11-16(18)15-7-3-5-13-6-4-8-20-17(13)15/h3,5,7,12,14,16,18H,2,4,6,8-11H2,1H3. The molecule has 20 heavy (non-hydrogen) atoms. The first-order valence-corrected chi connectivity index (χ1v) is 7.82. The lowest BCUT2D eigenvalue weighted by Crippen LogP contribution is -2.32. The van der Waals surface area contributed by atoms with Crippen LogP contribution in [0.5, 0.6) is 5.75 Å². The minimum atomic E-state index is -0.407. The highest BCUT2D eigenvalue weighted by Crippen LogP contribution is 2.40. The normalized spacial score (nSPS) is 26.3. The van der Waals surface area contributed by atoms with Crippen LogP contribution in [0, 0.1) is 5.92 Å². The lowest BCUT2D eigenvalue weighted by Gasteiger charge is -2.36. The molecule has 1 aromatic rings. The van der Waals surface area contributed by atoms with Gasteiger partial charge in [0, 0.05) is 12.2 Å². The molecule has 1 atom stereocenters. The third kappa shape index (κ3) is 2.84. The molecule has 110 valence electrons. The Balaban J connectivity index is 1.62. The number of aliphatic hydroxyl groups excluding tert-OH is 1. The molecule has 3 nitrogen and oxygen atoms in total. The Morgan fingerprint density at radius 1 is 1.40 bits per heavy atom. The molecule has 1 aliphatic carbocycles. The van der Waals surface area contributed by atoms with E-state index in [2.05, 4.69) is 6.07 Å². The SMILES string of the molecule is CCOC1CC(CC(O)c2cccc3c2OCCC3)C1. The lowest BCUT2D eigenvalue weighted by molar-refractivity contribution is -0.0382. The Labute approximate surface area is 120 Å². The highest BCUT2D eigenvalue weighted by Gasteiger charge is 2.32. The summed E-state index contributed by atoms with van der Waals surface area (Å²) >= 11 is 0. The summed E-state index contributed by atoms with van der Waals surface area (Å²) in [6.07, 6.45) is 5.13. The molecule has 1 aliphatic heterocycles. The summed E-state index contributed by atoms with van der Waals surface area (Å²) in [5.41, 5.74) is 2.22. The van der Waals surface area contributed by atoms with E-state index >= 15 is 0 Å². The Morgan fingerprint density at radius 2 is 2.25 bits per heavy atom. The number of benzene rings is 1. The molecule has 0 bridgehead atoms. The van der Waals surface area contributed by atoms with Gasteiger partial charge in [-0.05, 0) is 50.5 Å². The Hall–Kier alpha value is -1.06. The van der Waals surface area contributed by atoms with Crippen LogP contribution in [-0.2, 0) is 11.2 Å². The maximum absolute atomic E-state index is 10.5. The number of hydrogen-bond donors (Lipinski definition) is 1. The van der Waals surface area contributed by atoms with Crippen molar-refractivity contribution in [3.63, 3.8) is 0 Å². The summed E-state index contributed by atoms with van der Waals surface area (Å²) in [6, 6.07) is 6.16. The van der Waals surface area contributed by atoms with Crippen molar-refractivity contribution in [3.05, 3.63) is 29.3 Å². The molecule has 1 heterocycles. The smallest absolute Gasteiger partial charge is 0.128 e. The maximum Gasteiger partial charge on any atom is 0.128 e. The molecule has 0 saturated heterocycles. The number of hydrogen-bond acceptors (Lipinski definition) is 3. The van der Waals surface area contributed by atoms with Crippen molar-refractivity contribution in [3.8, 4) is 5.75 Å². The summed E-state index contributed by atoms with van der Waals surface area (Å²) in [4.78, 5) is 0. The largest absolute Gasteiger partial charge is 0.493 e. The third-order valence-corrected chi connectivity index (χ3v) is 4.47. The molecule has 0 spiro atoms. The average molecular weight is 276 g/mol.